The van der Waals surface area contributed by atoms with Gasteiger partial charge in [0.2, 0.25) is 5.91 Å². The van der Waals surface area contributed by atoms with E-state index in [2.05, 4.69) is 22.0 Å². The zero-order chi connectivity index (χ0) is 30.6. The summed E-state index contributed by atoms with van der Waals surface area (Å²) in [7, 11) is -2.87. The smallest absolute Gasteiger partial charge is 0.344 e. The minimum Gasteiger partial charge on any atom is -0.497 e. The Kier molecular flexibility index (Phi) is 9.55. The van der Waals surface area contributed by atoms with Gasteiger partial charge in [-0.2, -0.15) is 3.97 Å². The van der Waals surface area contributed by atoms with Crippen LogP contribution in [-0.2, 0) is 14.8 Å². The van der Waals surface area contributed by atoms with Crippen LogP contribution in [0.25, 0.3) is 11.0 Å². The van der Waals surface area contributed by atoms with Gasteiger partial charge in [-0.1, -0.05) is 48.9 Å². The standard InChI is InChI=1S/C31H36ClN5O5S/c1-3-16-34-18-20-35(21-19-34)17-15-33-30(38)29(23-7-5-4-6-8-23)36-28-22-24(32)9-14-27(28)37(31(36)39)43(40,41)26-12-10-25(42-2)11-13-26/h4-14,22,29H,3,15-21H2,1-2H3,(H,33,38). The predicted octanol–water partition coefficient (Wildman–Crippen LogP) is 3.44. The van der Waals surface area contributed by atoms with Crippen LogP contribution in [0.4, 0.5) is 0 Å². The number of aromatic nitrogens is 2. The van der Waals surface area contributed by atoms with E-state index >= 15 is 0 Å². The summed E-state index contributed by atoms with van der Waals surface area (Å²) in [5.41, 5.74) is 0.00909. The number of imidazole rings is 1. The van der Waals surface area contributed by atoms with Gasteiger partial charge in [0.15, 0.2) is 0 Å². The molecule has 0 bridgehead atoms. The molecule has 4 aromatic rings. The van der Waals surface area contributed by atoms with E-state index in [0.29, 0.717) is 29.4 Å². The molecule has 0 saturated carbocycles. The summed E-state index contributed by atoms with van der Waals surface area (Å²) in [4.78, 5) is 32.7. The lowest BCUT2D eigenvalue weighted by Gasteiger charge is -2.34. The van der Waals surface area contributed by atoms with Gasteiger partial charge in [-0.05, 0) is 61.0 Å². The summed E-state index contributed by atoms with van der Waals surface area (Å²) >= 11 is 6.35. The first kappa shape index (κ1) is 30.8. The van der Waals surface area contributed by atoms with Crippen molar-refractivity contribution in [3.8, 4) is 5.75 Å². The molecule has 228 valence electrons. The summed E-state index contributed by atoms with van der Waals surface area (Å²) in [5.74, 6) is 0.0583. The first-order valence-electron chi connectivity index (χ1n) is 14.3. The van der Waals surface area contributed by atoms with E-state index in [0.717, 1.165) is 43.1 Å². The van der Waals surface area contributed by atoms with E-state index in [1.54, 1.807) is 24.3 Å². The number of ether oxygens (including phenoxy) is 1. The van der Waals surface area contributed by atoms with Gasteiger partial charge in [-0.25, -0.2) is 13.2 Å². The van der Waals surface area contributed by atoms with E-state index in [-0.39, 0.29) is 15.9 Å². The van der Waals surface area contributed by atoms with Gasteiger partial charge in [-0.15, -0.1) is 0 Å². The lowest BCUT2D eigenvalue weighted by atomic mass is 10.1. The number of methoxy groups -OCH3 is 1. The van der Waals surface area contributed by atoms with Crippen LogP contribution in [0, 0.1) is 0 Å². The van der Waals surface area contributed by atoms with Crippen LogP contribution in [0.2, 0.25) is 5.02 Å². The highest BCUT2D eigenvalue weighted by Crippen LogP contribution is 2.28. The first-order chi connectivity index (χ1) is 20.7. The minimum absolute atomic E-state index is 0.0934. The van der Waals surface area contributed by atoms with Crippen molar-refractivity contribution in [2.45, 2.75) is 24.3 Å². The Morgan fingerprint density at radius 2 is 1.58 bits per heavy atom. The van der Waals surface area contributed by atoms with Gasteiger partial charge in [0.05, 0.1) is 23.0 Å². The van der Waals surface area contributed by atoms with Crippen molar-refractivity contribution >= 4 is 38.6 Å². The number of carbonyl (C=O) groups is 1. The molecule has 12 heteroatoms. The normalized spacial score (nSPS) is 15.4. The van der Waals surface area contributed by atoms with E-state index < -0.39 is 27.7 Å². The molecule has 1 aromatic heterocycles. The van der Waals surface area contributed by atoms with E-state index in [1.807, 2.05) is 6.07 Å². The first-order valence-corrected chi connectivity index (χ1v) is 16.2. The lowest BCUT2D eigenvalue weighted by Crippen LogP contribution is -2.49. The number of nitrogens with zero attached hydrogens (tertiary/aromatic N) is 4. The van der Waals surface area contributed by atoms with Crippen LogP contribution >= 0.6 is 11.6 Å². The van der Waals surface area contributed by atoms with Crippen LogP contribution in [0.1, 0.15) is 24.9 Å². The Balaban J connectivity index is 1.51. The number of fused-ring (bicyclic) bond motifs is 1. The number of amides is 1. The Hall–Kier alpha value is -3.64. The molecule has 43 heavy (non-hydrogen) atoms. The second-order valence-electron chi connectivity index (χ2n) is 10.5. The van der Waals surface area contributed by atoms with Crippen LogP contribution < -0.4 is 15.7 Å². The van der Waals surface area contributed by atoms with Crippen molar-refractivity contribution < 1.29 is 17.9 Å². The largest absolute Gasteiger partial charge is 0.497 e. The molecule has 1 atom stereocenters. The highest BCUT2D eigenvalue weighted by molar-refractivity contribution is 7.90. The Morgan fingerprint density at radius 3 is 2.21 bits per heavy atom. The fourth-order valence-corrected chi connectivity index (χ4v) is 7.10. The highest BCUT2D eigenvalue weighted by atomic mass is 35.5. The van der Waals surface area contributed by atoms with Crippen molar-refractivity contribution in [1.29, 1.82) is 0 Å². The predicted molar refractivity (Wildman–Crippen MR) is 168 cm³/mol. The summed E-state index contributed by atoms with van der Waals surface area (Å²) in [6.45, 7) is 8.15. The fourth-order valence-electron chi connectivity index (χ4n) is 5.54. The van der Waals surface area contributed by atoms with Gasteiger partial charge in [0, 0.05) is 44.3 Å². The summed E-state index contributed by atoms with van der Waals surface area (Å²) in [6.07, 6.45) is 1.12. The number of carbonyl (C=O) groups excluding carboxylic acids is 1. The number of hydrogen-bond donors (Lipinski definition) is 1. The average Bonchev–Trinajstić information content (AvgIpc) is 3.30. The number of benzene rings is 3. The van der Waals surface area contributed by atoms with Crippen LogP contribution in [0.15, 0.2) is 82.5 Å². The fraction of sp³-hybridized carbons (Fsp3) is 0.355. The molecule has 2 heterocycles. The van der Waals surface area contributed by atoms with E-state index in [9.17, 15) is 18.0 Å². The highest BCUT2D eigenvalue weighted by Gasteiger charge is 2.32. The molecular weight excluding hydrogens is 590 g/mol. The number of nitrogens with one attached hydrogen (secondary N) is 1. The quantitative estimate of drug-likeness (QED) is 0.272. The molecule has 1 N–H and O–H groups in total. The summed E-state index contributed by atoms with van der Waals surface area (Å²) < 4.78 is 34.9. The van der Waals surface area contributed by atoms with E-state index in [1.165, 1.54) is 54.1 Å². The molecule has 1 aliphatic heterocycles. The maximum absolute atomic E-state index is 14.2. The van der Waals surface area contributed by atoms with Crippen LogP contribution in [-0.4, -0.2) is 85.6 Å². The molecule has 1 fully saturated rings. The molecule has 1 saturated heterocycles. The SMILES string of the molecule is CCCN1CCN(CCNC(=O)C(c2ccccc2)n2c(=O)n(S(=O)(=O)c3ccc(OC)cc3)c3ccc(Cl)cc32)CC1. The number of halogens is 1. The molecule has 10 nitrogen and oxygen atoms in total. The number of hydrogen-bond acceptors (Lipinski definition) is 7. The molecular formula is C31H36ClN5O5S. The maximum atomic E-state index is 14.2. The lowest BCUT2D eigenvalue weighted by molar-refractivity contribution is -0.123. The molecule has 1 amide bonds. The van der Waals surface area contributed by atoms with Crippen molar-refractivity contribution in [3.05, 3.63) is 93.9 Å². The van der Waals surface area contributed by atoms with Gasteiger partial charge in [-0.3, -0.25) is 14.3 Å². The van der Waals surface area contributed by atoms with E-state index in [4.69, 9.17) is 16.3 Å². The molecule has 1 aliphatic rings. The third-order valence-corrected chi connectivity index (χ3v) is 9.68. The third kappa shape index (κ3) is 6.50. The maximum Gasteiger partial charge on any atom is 0.344 e. The molecule has 3 aromatic carbocycles. The topological polar surface area (TPSA) is 106 Å². The molecule has 0 aliphatic carbocycles. The Labute approximate surface area is 256 Å². The van der Waals surface area contributed by atoms with Gasteiger partial charge >= 0.3 is 5.69 Å². The third-order valence-electron chi connectivity index (χ3n) is 7.75. The molecule has 0 radical (unpaired) electrons. The number of piperazine rings is 1. The van der Waals surface area contributed by atoms with Gasteiger partial charge in [0.1, 0.15) is 11.8 Å². The summed E-state index contributed by atoms with van der Waals surface area (Å²) in [5, 5.41) is 3.30. The molecule has 5 rings (SSSR count). The Bertz CT molecular complexity index is 1730. The Morgan fingerprint density at radius 1 is 0.930 bits per heavy atom. The second kappa shape index (κ2) is 13.3. The second-order valence-corrected chi connectivity index (χ2v) is 12.7. The molecule has 0 spiro atoms. The number of rotatable bonds is 11. The molecule has 1 unspecified atom stereocenters. The summed E-state index contributed by atoms with van der Waals surface area (Å²) in [6, 6.07) is 18.0. The van der Waals surface area contributed by atoms with Crippen molar-refractivity contribution in [1.82, 2.24) is 23.7 Å². The monoisotopic (exact) mass is 625 g/mol. The van der Waals surface area contributed by atoms with Crippen molar-refractivity contribution in [2.75, 3.05) is 52.9 Å². The minimum atomic E-state index is -4.35. The zero-order valence-corrected chi connectivity index (χ0v) is 25.9. The van der Waals surface area contributed by atoms with Crippen molar-refractivity contribution in [2.24, 2.45) is 0 Å². The average molecular weight is 626 g/mol. The van der Waals surface area contributed by atoms with Crippen LogP contribution in [0.3, 0.4) is 0 Å². The van der Waals surface area contributed by atoms with Gasteiger partial charge in [0.25, 0.3) is 10.0 Å². The van der Waals surface area contributed by atoms with Crippen molar-refractivity contribution in [3.63, 3.8) is 0 Å². The zero-order valence-electron chi connectivity index (χ0n) is 24.3. The van der Waals surface area contributed by atoms with Crippen LogP contribution in [0.5, 0.6) is 5.75 Å². The van der Waals surface area contributed by atoms with Gasteiger partial charge < -0.3 is 15.0 Å².